The molecule has 0 bridgehead atoms. The lowest BCUT2D eigenvalue weighted by Gasteiger charge is -1.87. The third kappa shape index (κ3) is 1.14. The molecule has 0 radical (unpaired) electrons. The first-order valence-electron chi connectivity index (χ1n) is 3.49. The summed E-state index contributed by atoms with van der Waals surface area (Å²) in [6.45, 7) is -0.800. The van der Waals surface area contributed by atoms with E-state index in [1.54, 1.807) is 5.51 Å². The molecule has 2 aromatic rings. The topological polar surface area (TPSA) is 13.1 Å². The quantitative estimate of drug-likeness (QED) is 0.645. The van der Waals surface area contributed by atoms with Crippen molar-refractivity contribution in [1.29, 1.82) is 0 Å². The Morgan fingerprint density at radius 1 is 1.42 bits per heavy atom. The van der Waals surface area contributed by atoms with Gasteiger partial charge in [-0.05, 0) is 6.07 Å². The molecule has 0 aliphatic carbocycles. The normalized spacial score (nSPS) is 10.4. The van der Waals surface area contributed by atoms with Crippen molar-refractivity contribution < 1.29 is 14.0 Å². The molecule has 4 heteroatoms. The fourth-order valence-electron chi connectivity index (χ4n) is 1.05. The third-order valence-electron chi connectivity index (χ3n) is 1.57. The Balaban J connectivity index is 2.55. The van der Waals surface area contributed by atoms with Crippen molar-refractivity contribution >= 4 is 21.6 Å². The van der Waals surface area contributed by atoms with E-state index in [0.29, 0.717) is 0 Å². The Kier molecular flexibility index (Phi) is 1.91. The van der Waals surface area contributed by atoms with Gasteiger partial charge in [-0.3, -0.25) is 0 Å². The summed E-state index contributed by atoms with van der Waals surface area (Å²) < 4.78 is 14.4. The highest BCUT2D eigenvalue weighted by atomic mass is 32.1. The van der Waals surface area contributed by atoms with E-state index in [1.807, 2.05) is 24.3 Å². The van der Waals surface area contributed by atoms with Crippen molar-refractivity contribution in [3.8, 4) is 0 Å². The van der Waals surface area contributed by atoms with Crippen LogP contribution in [0.1, 0.15) is 0 Å². The van der Waals surface area contributed by atoms with Gasteiger partial charge in [0, 0.05) is 10.8 Å². The van der Waals surface area contributed by atoms with Crippen LogP contribution in [-0.2, 0) is 0 Å². The van der Waals surface area contributed by atoms with E-state index in [2.05, 4.69) is 0 Å². The van der Waals surface area contributed by atoms with Crippen molar-refractivity contribution in [2.24, 2.45) is 0 Å². The zero-order valence-electron chi connectivity index (χ0n) is 6.24. The molecule has 0 spiro atoms. The van der Waals surface area contributed by atoms with Crippen molar-refractivity contribution in [3.63, 3.8) is 0 Å². The molecule has 1 aromatic carbocycles. The summed E-state index contributed by atoms with van der Waals surface area (Å²) in [5, 5.41) is 0. The molecule has 0 unspecified atom stereocenters. The van der Waals surface area contributed by atoms with Gasteiger partial charge in [0.2, 0.25) is 0 Å². The molecule has 0 aliphatic heterocycles. The van der Waals surface area contributed by atoms with Crippen molar-refractivity contribution in [2.45, 2.75) is 0 Å². The molecule has 62 valence electrons. The summed E-state index contributed by atoms with van der Waals surface area (Å²) in [6.07, 6.45) is 0. The van der Waals surface area contributed by atoms with Gasteiger partial charge >= 0.3 is 0 Å². The standard InChI is InChI=1S/C8H7FNOS/c9-5-11-10-6-12-8-4-2-1-3-7(8)10/h1-4,6H,5H2/q+1. The molecule has 2 rings (SSSR count). The van der Waals surface area contributed by atoms with Gasteiger partial charge < -0.3 is 0 Å². The summed E-state index contributed by atoms with van der Waals surface area (Å²) in [5.74, 6) is 0. The van der Waals surface area contributed by atoms with Gasteiger partial charge in [-0.15, -0.1) is 0 Å². The van der Waals surface area contributed by atoms with E-state index >= 15 is 0 Å². The van der Waals surface area contributed by atoms with Crippen LogP contribution in [0, 0.1) is 0 Å². The van der Waals surface area contributed by atoms with Crippen LogP contribution in [-0.4, -0.2) is 6.86 Å². The number of para-hydroxylation sites is 1. The number of alkyl halides is 1. The molecule has 2 nitrogen and oxygen atoms in total. The molecule has 0 saturated carbocycles. The Bertz CT molecular complexity index is 387. The zero-order valence-corrected chi connectivity index (χ0v) is 7.05. The highest BCUT2D eigenvalue weighted by Gasteiger charge is 2.11. The van der Waals surface area contributed by atoms with Gasteiger partial charge in [0.25, 0.3) is 17.9 Å². The second-order valence-corrected chi connectivity index (χ2v) is 3.14. The zero-order chi connectivity index (χ0) is 8.39. The van der Waals surface area contributed by atoms with Crippen LogP contribution in [0.25, 0.3) is 10.2 Å². The Labute approximate surface area is 72.8 Å². The Hall–Kier alpha value is -1.16. The number of aromatic nitrogens is 1. The maximum Gasteiger partial charge on any atom is 0.297 e. The summed E-state index contributed by atoms with van der Waals surface area (Å²) in [6, 6.07) is 7.70. The van der Waals surface area contributed by atoms with Gasteiger partial charge in [-0.1, -0.05) is 23.5 Å². The van der Waals surface area contributed by atoms with Crippen LogP contribution in [0.2, 0.25) is 0 Å². The predicted molar refractivity (Wildman–Crippen MR) is 44.6 cm³/mol. The molecule has 0 aliphatic rings. The second-order valence-electron chi connectivity index (χ2n) is 2.25. The molecule has 1 heterocycles. The number of halogens is 1. The number of hydrogen-bond donors (Lipinski definition) is 0. The van der Waals surface area contributed by atoms with E-state index in [-0.39, 0.29) is 0 Å². The monoisotopic (exact) mass is 184 g/mol. The van der Waals surface area contributed by atoms with Gasteiger partial charge in [0.15, 0.2) is 0 Å². The van der Waals surface area contributed by atoms with Crippen LogP contribution in [0.5, 0.6) is 0 Å². The Morgan fingerprint density at radius 3 is 3.08 bits per heavy atom. The highest BCUT2D eigenvalue weighted by molar-refractivity contribution is 7.16. The lowest BCUT2D eigenvalue weighted by Crippen LogP contribution is -2.40. The maximum absolute atomic E-state index is 11.8. The first-order valence-corrected chi connectivity index (χ1v) is 4.37. The average molecular weight is 184 g/mol. The molecule has 0 atom stereocenters. The maximum atomic E-state index is 11.8. The fourth-order valence-corrected chi connectivity index (χ4v) is 1.87. The van der Waals surface area contributed by atoms with E-state index < -0.39 is 6.86 Å². The summed E-state index contributed by atoms with van der Waals surface area (Å²) >= 11 is 1.53. The van der Waals surface area contributed by atoms with Crippen LogP contribution in [0.4, 0.5) is 4.39 Å². The van der Waals surface area contributed by atoms with Crippen molar-refractivity contribution in [1.82, 2.24) is 0 Å². The molecular formula is C8H7FNOS+. The number of nitrogens with zero attached hydrogens (tertiary/aromatic N) is 1. The smallest absolute Gasteiger partial charge is 0.236 e. The SMILES string of the molecule is FCO[n+]1csc2ccccc21. The first kappa shape index (κ1) is 7.49. The number of fused-ring (bicyclic) bond motifs is 1. The minimum Gasteiger partial charge on any atom is -0.236 e. The number of rotatable bonds is 2. The van der Waals surface area contributed by atoms with E-state index in [1.165, 1.54) is 16.1 Å². The second kappa shape index (κ2) is 3.06. The molecule has 12 heavy (non-hydrogen) atoms. The lowest BCUT2D eigenvalue weighted by molar-refractivity contribution is -0.872. The molecule has 1 aromatic heterocycles. The van der Waals surface area contributed by atoms with Gasteiger partial charge in [-0.25, -0.2) is 4.84 Å². The third-order valence-corrected chi connectivity index (χ3v) is 2.46. The van der Waals surface area contributed by atoms with Gasteiger partial charge in [0.1, 0.15) is 4.70 Å². The van der Waals surface area contributed by atoms with Crippen LogP contribution < -0.4 is 9.57 Å². The van der Waals surface area contributed by atoms with E-state index in [0.717, 1.165) is 10.2 Å². The number of benzene rings is 1. The average Bonchev–Trinajstić information content (AvgIpc) is 2.50. The van der Waals surface area contributed by atoms with Gasteiger partial charge in [-0.2, -0.15) is 4.39 Å². The van der Waals surface area contributed by atoms with E-state index in [4.69, 9.17) is 4.84 Å². The van der Waals surface area contributed by atoms with Crippen molar-refractivity contribution in [3.05, 3.63) is 29.8 Å². The summed E-state index contributed by atoms with van der Waals surface area (Å²) in [4.78, 5) is 4.72. The molecule has 0 amide bonds. The molecular weight excluding hydrogens is 177 g/mol. The van der Waals surface area contributed by atoms with Crippen LogP contribution in [0.3, 0.4) is 0 Å². The van der Waals surface area contributed by atoms with Crippen LogP contribution in [0.15, 0.2) is 29.8 Å². The first-order chi connectivity index (χ1) is 5.92. The predicted octanol–water partition coefficient (Wildman–Crippen LogP) is 1.54. The van der Waals surface area contributed by atoms with Crippen molar-refractivity contribution in [2.75, 3.05) is 6.86 Å². The number of hydrogen-bond acceptors (Lipinski definition) is 2. The minimum atomic E-state index is -0.800. The number of thiazole rings is 1. The summed E-state index contributed by atoms with van der Waals surface area (Å²) in [7, 11) is 0. The summed E-state index contributed by atoms with van der Waals surface area (Å²) in [5.41, 5.74) is 2.64. The van der Waals surface area contributed by atoms with Crippen LogP contribution >= 0.6 is 11.3 Å². The lowest BCUT2D eigenvalue weighted by atomic mass is 10.3. The molecule has 0 N–H and O–H groups in total. The van der Waals surface area contributed by atoms with Gasteiger partial charge in [0.05, 0.1) is 0 Å². The largest absolute Gasteiger partial charge is 0.297 e. The highest BCUT2D eigenvalue weighted by Crippen LogP contribution is 2.13. The molecule has 0 saturated heterocycles. The fraction of sp³-hybridized carbons (Fsp3) is 0.125. The minimum absolute atomic E-state index is 0.800. The molecule has 0 fully saturated rings. The van der Waals surface area contributed by atoms with E-state index in [9.17, 15) is 4.39 Å². The Morgan fingerprint density at radius 2 is 2.25 bits per heavy atom.